The third-order valence-electron chi connectivity index (χ3n) is 2.80. The summed E-state index contributed by atoms with van der Waals surface area (Å²) in [5.74, 6) is 0.337. The normalized spacial score (nSPS) is 14.8. The molecule has 2 aromatic rings. The van der Waals surface area contributed by atoms with E-state index in [9.17, 15) is 0 Å². The largest absolute Gasteiger partial charge is 0.376 e. The van der Waals surface area contributed by atoms with Crippen molar-refractivity contribution in [2.24, 2.45) is 0 Å². The van der Waals surface area contributed by atoms with E-state index >= 15 is 0 Å². The molecule has 0 saturated heterocycles. The number of anilines is 1. The number of nitrogens with two attached hydrogens (primary N) is 1. The highest BCUT2D eigenvalue weighted by molar-refractivity contribution is 5.62. The number of benzene rings is 1. The Hall–Kier alpha value is -1.81. The topological polar surface area (TPSA) is 61.3 Å². The Balaban J connectivity index is 2.02. The van der Waals surface area contributed by atoms with Gasteiger partial charge in [0.25, 0.3) is 0 Å². The van der Waals surface area contributed by atoms with Crippen LogP contribution in [0.15, 0.2) is 28.8 Å². The van der Waals surface area contributed by atoms with Crippen LogP contribution in [0.1, 0.15) is 11.1 Å². The molecule has 0 saturated carbocycles. The van der Waals surface area contributed by atoms with Crippen LogP contribution in [-0.2, 0) is 17.8 Å². The van der Waals surface area contributed by atoms with Gasteiger partial charge in [0, 0.05) is 11.6 Å². The Morgan fingerprint density at radius 3 is 2.94 bits per heavy atom. The van der Waals surface area contributed by atoms with E-state index in [1.54, 1.807) is 6.07 Å². The Morgan fingerprint density at radius 1 is 1.19 bits per heavy atom. The zero-order valence-corrected chi connectivity index (χ0v) is 8.77. The summed E-state index contributed by atoms with van der Waals surface area (Å²) < 4.78 is 10.3. The van der Waals surface area contributed by atoms with Gasteiger partial charge >= 0.3 is 0 Å². The molecule has 1 aromatic carbocycles. The van der Waals surface area contributed by atoms with Crippen molar-refractivity contribution in [1.82, 2.24) is 5.16 Å². The predicted molar refractivity (Wildman–Crippen MR) is 59.7 cm³/mol. The first-order chi connectivity index (χ1) is 7.83. The summed E-state index contributed by atoms with van der Waals surface area (Å²) in [6.07, 6.45) is 0.983. The van der Waals surface area contributed by atoms with Crippen molar-refractivity contribution in [2.45, 2.75) is 13.0 Å². The van der Waals surface area contributed by atoms with Crippen molar-refractivity contribution in [3.63, 3.8) is 0 Å². The van der Waals surface area contributed by atoms with Crippen molar-refractivity contribution in [3.8, 4) is 11.3 Å². The van der Waals surface area contributed by atoms with Crippen LogP contribution in [-0.4, -0.2) is 11.8 Å². The maximum absolute atomic E-state index is 5.50. The van der Waals surface area contributed by atoms with Crippen molar-refractivity contribution >= 4 is 5.88 Å². The Labute approximate surface area is 93.0 Å². The molecule has 1 aromatic heterocycles. The number of aromatic nitrogens is 1. The van der Waals surface area contributed by atoms with Crippen molar-refractivity contribution in [2.75, 3.05) is 12.3 Å². The molecule has 4 heteroatoms. The number of nitrogen functional groups attached to an aromatic ring is 1. The van der Waals surface area contributed by atoms with Gasteiger partial charge in [-0.2, -0.15) is 0 Å². The molecule has 1 aliphatic heterocycles. The van der Waals surface area contributed by atoms with E-state index in [1.807, 2.05) is 6.07 Å². The van der Waals surface area contributed by atoms with Gasteiger partial charge in [0.15, 0.2) is 0 Å². The summed E-state index contributed by atoms with van der Waals surface area (Å²) in [7, 11) is 0. The number of ether oxygens (including phenoxy) is 1. The average molecular weight is 216 g/mol. The molecule has 0 fully saturated rings. The lowest BCUT2D eigenvalue weighted by molar-refractivity contribution is 0.111. The molecule has 0 spiro atoms. The molecule has 82 valence electrons. The third kappa shape index (κ3) is 1.57. The number of hydrogen-bond acceptors (Lipinski definition) is 4. The number of hydrogen-bond donors (Lipinski definition) is 1. The van der Waals surface area contributed by atoms with Gasteiger partial charge < -0.3 is 15.0 Å². The van der Waals surface area contributed by atoms with Gasteiger partial charge in [-0.15, -0.1) is 0 Å². The van der Waals surface area contributed by atoms with Crippen LogP contribution in [0, 0.1) is 0 Å². The Kier molecular flexibility index (Phi) is 2.15. The van der Waals surface area contributed by atoms with E-state index in [-0.39, 0.29) is 0 Å². The van der Waals surface area contributed by atoms with Crippen LogP contribution in [0.25, 0.3) is 11.3 Å². The fraction of sp³-hybridized carbons (Fsp3) is 0.250. The number of rotatable bonds is 1. The first-order valence-corrected chi connectivity index (χ1v) is 5.25. The van der Waals surface area contributed by atoms with E-state index in [4.69, 9.17) is 15.0 Å². The second-order valence-corrected chi connectivity index (χ2v) is 3.90. The highest BCUT2D eigenvalue weighted by atomic mass is 16.5. The molecule has 0 radical (unpaired) electrons. The molecule has 2 N–H and O–H groups in total. The zero-order valence-electron chi connectivity index (χ0n) is 8.77. The fourth-order valence-electron chi connectivity index (χ4n) is 1.95. The minimum atomic E-state index is 0.337. The molecule has 2 heterocycles. The second kappa shape index (κ2) is 3.64. The minimum absolute atomic E-state index is 0.337. The molecule has 4 nitrogen and oxygen atoms in total. The van der Waals surface area contributed by atoms with Gasteiger partial charge in [-0.25, -0.2) is 0 Å². The van der Waals surface area contributed by atoms with Crippen LogP contribution in [0.4, 0.5) is 5.88 Å². The van der Waals surface area contributed by atoms with Crippen molar-refractivity contribution in [3.05, 3.63) is 35.4 Å². The molecule has 0 aliphatic carbocycles. The molecule has 3 rings (SSSR count). The lowest BCUT2D eigenvalue weighted by atomic mass is 9.99. The van der Waals surface area contributed by atoms with Crippen LogP contribution in [0.5, 0.6) is 0 Å². The van der Waals surface area contributed by atoms with E-state index in [0.717, 1.165) is 24.3 Å². The maximum atomic E-state index is 5.50. The predicted octanol–water partition coefficient (Wildman–Crippen LogP) is 2.00. The fourth-order valence-corrected chi connectivity index (χ4v) is 1.95. The highest BCUT2D eigenvalue weighted by Gasteiger charge is 2.11. The molecule has 0 unspecified atom stereocenters. The van der Waals surface area contributed by atoms with Crippen molar-refractivity contribution in [1.29, 1.82) is 0 Å². The molecular formula is C12H12N2O2. The maximum Gasteiger partial charge on any atom is 0.222 e. The van der Waals surface area contributed by atoms with Gasteiger partial charge in [-0.05, 0) is 23.6 Å². The molecule has 16 heavy (non-hydrogen) atoms. The Morgan fingerprint density at radius 2 is 2.12 bits per heavy atom. The third-order valence-corrected chi connectivity index (χ3v) is 2.80. The first-order valence-electron chi connectivity index (χ1n) is 5.25. The molecular weight excluding hydrogens is 204 g/mol. The summed E-state index contributed by atoms with van der Waals surface area (Å²) in [5.41, 5.74) is 9.87. The molecule has 0 atom stereocenters. The van der Waals surface area contributed by atoms with Gasteiger partial charge in [-0.1, -0.05) is 17.3 Å². The van der Waals surface area contributed by atoms with Gasteiger partial charge in [0.2, 0.25) is 5.88 Å². The van der Waals surface area contributed by atoms with Gasteiger partial charge in [0.1, 0.15) is 5.69 Å². The van der Waals surface area contributed by atoms with E-state index < -0.39 is 0 Å². The summed E-state index contributed by atoms with van der Waals surface area (Å²) in [5, 5.41) is 3.89. The van der Waals surface area contributed by atoms with Gasteiger partial charge in [0.05, 0.1) is 13.2 Å². The van der Waals surface area contributed by atoms with Crippen LogP contribution in [0.3, 0.4) is 0 Å². The SMILES string of the molecule is Nc1cc(-c2ccc3c(c2)COCC3)no1. The van der Waals surface area contributed by atoms with Crippen molar-refractivity contribution < 1.29 is 9.26 Å². The number of fused-ring (bicyclic) bond motifs is 1. The molecule has 1 aliphatic rings. The lowest BCUT2D eigenvalue weighted by Gasteiger charge is -2.16. The zero-order chi connectivity index (χ0) is 11.0. The first kappa shape index (κ1) is 9.42. The standard InChI is InChI=1S/C12H12N2O2/c13-12-6-11(14-16-12)9-2-1-8-3-4-15-7-10(8)5-9/h1-2,5-6H,3-4,7,13H2. The summed E-state index contributed by atoms with van der Waals surface area (Å²) in [6, 6.07) is 7.98. The Bertz CT molecular complexity index is 519. The summed E-state index contributed by atoms with van der Waals surface area (Å²) >= 11 is 0. The highest BCUT2D eigenvalue weighted by Crippen LogP contribution is 2.25. The minimum Gasteiger partial charge on any atom is -0.376 e. The second-order valence-electron chi connectivity index (χ2n) is 3.90. The van der Waals surface area contributed by atoms with E-state index in [0.29, 0.717) is 12.5 Å². The smallest absolute Gasteiger partial charge is 0.222 e. The van der Waals surface area contributed by atoms with Crippen LogP contribution >= 0.6 is 0 Å². The van der Waals surface area contributed by atoms with E-state index in [2.05, 4.69) is 17.3 Å². The molecule has 0 amide bonds. The molecule has 0 bridgehead atoms. The van der Waals surface area contributed by atoms with Crippen LogP contribution in [0.2, 0.25) is 0 Å². The van der Waals surface area contributed by atoms with E-state index in [1.165, 1.54) is 11.1 Å². The summed E-state index contributed by atoms with van der Waals surface area (Å²) in [4.78, 5) is 0. The lowest BCUT2D eigenvalue weighted by Crippen LogP contribution is -2.09. The number of nitrogens with zero attached hydrogens (tertiary/aromatic N) is 1. The quantitative estimate of drug-likeness (QED) is 0.791. The summed E-state index contributed by atoms with van der Waals surface area (Å²) in [6.45, 7) is 1.49. The average Bonchev–Trinajstić information content (AvgIpc) is 2.75. The van der Waals surface area contributed by atoms with Crippen LogP contribution < -0.4 is 5.73 Å². The van der Waals surface area contributed by atoms with Gasteiger partial charge in [-0.3, -0.25) is 0 Å². The monoisotopic (exact) mass is 216 g/mol.